The van der Waals surface area contributed by atoms with Gasteiger partial charge in [-0.2, -0.15) is 0 Å². The summed E-state index contributed by atoms with van der Waals surface area (Å²) in [5.41, 5.74) is 7.32. The molecule has 1 aliphatic heterocycles. The third kappa shape index (κ3) is 1.93. The van der Waals surface area contributed by atoms with Crippen LogP contribution in [0, 0.1) is 0 Å². The molecule has 1 atom stereocenters. The molecule has 2 rings (SSSR count). The molecule has 1 heterocycles. The highest BCUT2D eigenvalue weighted by molar-refractivity contribution is 9.10. The molecular weight excluding hydrogens is 240 g/mol. The van der Waals surface area contributed by atoms with E-state index in [0.29, 0.717) is 0 Å². The van der Waals surface area contributed by atoms with Gasteiger partial charge in [0.05, 0.1) is 5.69 Å². The molecule has 1 saturated heterocycles. The molecule has 14 heavy (non-hydrogen) atoms. The van der Waals surface area contributed by atoms with Crippen molar-refractivity contribution in [2.75, 3.05) is 18.0 Å². The Bertz CT molecular complexity index is 336. The van der Waals surface area contributed by atoms with Crippen molar-refractivity contribution in [2.24, 2.45) is 5.73 Å². The maximum atomic E-state index is 6.10. The van der Waals surface area contributed by atoms with Crippen molar-refractivity contribution in [1.29, 1.82) is 0 Å². The molecule has 2 nitrogen and oxygen atoms in total. The maximum absolute atomic E-state index is 6.10. The highest BCUT2D eigenvalue weighted by Gasteiger charge is 2.30. The van der Waals surface area contributed by atoms with Gasteiger partial charge >= 0.3 is 0 Å². The predicted octanol–water partition coefficient (Wildman–Crippen LogP) is 2.38. The summed E-state index contributed by atoms with van der Waals surface area (Å²) in [5.74, 6) is 0. The van der Waals surface area contributed by atoms with E-state index in [1.807, 2.05) is 6.07 Å². The monoisotopic (exact) mass is 254 g/mol. The summed E-state index contributed by atoms with van der Waals surface area (Å²) in [6.07, 6.45) is 1.06. The zero-order chi connectivity index (χ0) is 10.2. The molecule has 0 spiro atoms. The summed E-state index contributed by atoms with van der Waals surface area (Å²) in [7, 11) is 0. The van der Waals surface area contributed by atoms with Crippen molar-refractivity contribution in [3.8, 4) is 0 Å². The van der Waals surface area contributed by atoms with E-state index in [9.17, 15) is 0 Å². The van der Waals surface area contributed by atoms with Gasteiger partial charge in [0.25, 0.3) is 0 Å². The standard InChI is InChI=1S/C11H15BrN2/c1-11(13)6-7-14(8-11)10-5-3-2-4-9(10)12/h2-5H,6-8,13H2,1H3. The van der Waals surface area contributed by atoms with Crippen molar-refractivity contribution < 1.29 is 0 Å². The highest BCUT2D eigenvalue weighted by atomic mass is 79.9. The van der Waals surface area contributed by atoms with Crippen molar-refractivity contribution in [3.63, 3.8) is 0 Å². The Balaban J connectivity index is 2.22. The van der Waals surface area contributed by atoms with Gasteiger partial charge in [-0.3, -0.25) is 0 Å². The molecule has 0 saturated carbocycles. The molecule has 76 valence electrons. The number of rotatable bonds is 1. The SMILES string of the molecule is CC1(N)CCN(c2ccccc2Br)C1. The normalized spacial score (nSPS) is 26.9. The second kappa shape index (κ2) is 3.55. The van der Waals surface area contributed by atoms with Crippen LogP contribution < -0.4 is 10.6 Å². The lowest BCUT2D eigenvalue weighted by molar-refractivity contribution is 0.525. The lowest BCUT2D eigenvalue weighted by Gasteiger charge is -2.22. The van der Waals surface area contributed by atoms with Gasteiger partial charge < -0.3 is 10.6 Å². The summed E-state index contributed by atoms with van der Waals surface area (Å²) in [4.78, 5) is 2.34. The van der Waals surface area contributed by atoms with Crippen LogP contribution in [-0.4, -0.2) is 18.6 Å². The Morgan fingerprint density at radius 1 is 1.43 bits per heavy atom. The average molecular weight is 255 g/mol. The van der Waals surface area contributed by atoms with Crippen molar-refractivity contribution in [3.05, 3.63) is 28.7 Å². The number of nitrogens with zero attached hydrogens (tertiary/aromatic N) is 1. The Hall–Kier alpha value is -0.540. The summed E-state index contributed by atoms with van der Waals surface area (Å²) in [6, 6.07) is 8.30. The first kappa shape index (κ1) is 9.99. The number of para-hydroxylation sites is 1. The van der Waals surface area contributed by atoms with E-state index in [0.717, 1.165) is 24.0 Å². The second-order valence-corrected chi connectivity index (χ2v) is 5.13. The predicted molar refractivity (Wildman–Crippen MR) is 63.6 cm³/mol. The Kier molecular flexibility index (Phi) is 2.54. The van der Waals surface area contributed by atoms with E-state index >= 15 is 0 Å². The Morgan fingerprint density at radius 3 is 2.71 bits per heavy atom. The van der Waals surface area contributed by atoms with Crippen molar-refractivity contribution in [1.82, 2.24) is 0 Å². The number of anilines is 1. The minimum absolute atomic E-state index is 0.0325. The van der Waals surface area contributed by atoms with Crippen LogP contribution in [0.1, 0.15) is 13.3 Å². The molecule has 1 aromatic carbocycles. The third-order valence-electron chi connectivity index (χ3n) is 2.70. The largest absolute Gasteiger partial charge is 0.369 e. The highest BCUT2D eigenvalue weighted by Crippen LogP contribution is 2.30. The fourth-order valence-electron chi connectivity index (χ4n) is 1.90. The van der Waals surface area contributed by atoms with E-state index in [4.69, 9.17) is 5.73 Å². The Labute approximate surface area is 93.2 Å². The molecule has 0 radical (unpaired) electrons. The molecule has 1 aliphatic rings. The van der Waals surface area contributed by atoms with Crippen LogP contribution in [0.2, 0.25) is 0 Å². The maximum Gasteiger partial charge on any atom is 0.0511 e. The first-order valence-corrected chi connectivity index (χ1v) is 5.66. The van der Waals surface area contributed by atoms with Crippen LogP contribution in [0.5, 0.6) is 0 Å². The molecule has 3 heteroatoms. The smallest absolute Gasteiger partial charge is 0.0511 e. The van der Waals surface area contributed by atoms with Gasteiger partial charge in [0.1, 0.15) is 0 Å². The first-order valence-electron chi connectivity index (χ1n) is 4.87. The van der Waals surface area contributed by atoms with E-state index in [2.05, 4.69) is 46.0 Å². The quantitative estimate of drug-likeness (QED) is 0.834. The topological polar surface area (TPSA) is 29.3 Å². The van der Waals surface area contributed by atoms with Crippen molar-refractivity contribution >= 4 is 21.6 Å². The number of halogens is 1. The van der Waals surface area contributed by atoms with Crippen LogP contribution >= 0.6 is 15.9 Å². The summed E-state index contributed by atoms with van der Waals surface area (Å²) < 4.78 is 1.15. The molecule has 1 fully saturated rings. The molecule has 0 bridgehead atoms. The minimum atomic E-state index is -0.0325. The fourth-order valence-corrected chi connectivity index (χ4v) is 2.43. The molecule has 0 aromatic heterocycles. The van der Waals surface area contributed by atoms with Gasteiger partial charge in [-0.15, -0.1) is 0 Å². The van der Waals surface area contributed by atoms with Crippen LogP contribution in [0.15, 0.2) is 28.7 Å². The van der Waals surface area contributed by atoms with Crippen LogP contribution in [-0.2, 0) is 0 Å². The van der Waals surface area contributed by atoms with Gasteiger partial charge in [-0.05, 0) is 41.4 Å². The van der Waals surface area contributed by atoms with E-state index < -0.39 is 0 Å². The molecule has 1 unspecified atom stereocenters. The van der Waals surface area contributed by atoms with Gasteiger partial charge in [0.2, 0.25) is 0 Å². The van der Waals surface area contributed by atoms with Crippen LogP contribution in [0.3, 0.4) is 0 Å². The fraction of sp³-hybridized carbons (Fsp3) is 0.455. The van der Waals surface area contributed by atoms with E-state index in [1.165, 1.54) is 5.69 Å². The molecular formula is C11H15BrN2. The number of hydrogen-bond donors (Lipinski definition) is 1. The number of hydrogen-bond acceptors (Lipinski definition) is 2. The second-order valence-electron chi connectivity index (χ2n) is 4.28. The molecule has 2 N–H and O–H groups in total. The van der Waals surface area contributed by atoms with Crippen LogP contribution in [0.25, 0.3) is 0 Å². The lowest BCUT2D eigenvalue weighted by atomic mass is 10.0. The molecule has 0 aliphatic carbocycles. The average Bonchev–Trinajstić information content (AvgIpc) is 2.47. The summed E-state index contributed by atoms with van der Waals surface area (Å²) >= 11 is 3.56. The molecule has 1 aromatic rings. The van der Waals surface area contributed by atoms with Gasteiger partial charge in [-0.1, -0.05) is 12.1 Å². The number of benzene rings is 1. The zero-order valence-electron chi connectivity index (χ0n) is 8.33. The lowest BCUT2D eigenvalue weighted by Crippen LogP contribution is -2.39. The first-order chi connectivity index (χ1) is 6.58. The van der Waals surface area contributed by atoms with Gasteiger partial charge in [0.15, 0.2) is 0 Å². The summed E-state index contributed by atoms with van der Waals surface area (Å²) in [6.45, 7) is 4.11. The van der Waals surface area contributed by atoms with Gasteiger partial charge in [0, 0.05) is 23.1 Å². The molecule has 0 amide bonds. The third-order valence-corrected chi connectivity index (χ3v) is 3.37. The van der Waals surface area contributed by atoms with Crippen LogP contribution in [0.4, 0.5) is 5.69 Å². The van der Waals surface area contributed by atoms with E-state index in [1.54, 1.807) is 0 Å². The van der Waals surface area contributed by atoms with E-state index in [-0.39, 0.29) is 5.54 Å². The summed E-state index contributed by atoms with van der Waals surface area (Å²) in [5, 5.41) is 0. The van der Waals surface area contributed by atoms with Gasteiger partial charge in [-0.25, -0.2) is 0 Å². The van der Waals surface area contributed by atoms with Crippen molar-refractivity contribution in [2.45, 2.75) is 18.9 Å². The zero-order valence-corrected chi connectivity index (χ0v) is 9.92. The Morgan fingerprint density at radius 2 is 2.14 bits per heavy atom. The minimum Gasteiger partial charge on any atom is -0.369 e. The number of nitrogens with two attached hydrogens (primary N) is 1.